The molecular formula is C10H11ClO3. The zero-order valence-electron chi connectivity index (χ0n) is 7.75. The van der Waals surface area contributed by atoms with E-state index < -0.39 is 0 Å². The fourth-order valence-corrected chi connectivity index (χ4v) is 1.64. The molecule has 0 aliphatic heterocycles. The average molecular weight is 215 g/mol. The van der Waals surface area contributed by atoms with Gasteiger partial charge in [-0.15, -0.1) is 0 Å². The van der Waals surface area contributed by atoms with Crippen molar-refractivity contribution in [1.29, 1.82) is 0 Å². The van der Waals surface area contributed by atoms with Crippen molar-refractivity contribution in [2.75, 3.05) is 0 Å². The maximum absolute atomic E-state index is 10.2. The molecule has 0 saturated carbocycles. The highest BCUT2D eigenvalue weighted by Crippen LogP contribution is 2.38. The van der Waals surface area contributed by atoms with Crippen molar-refractivity contribution in [3.63, 3.8) is 0 Å². The van der Waals surface area contributed by atoms with Crippen molar-refractivity contribution >= 4 is 17.9 Å². The Balaban J connectivity index is 3.15. The molecule has 0 atom stereocenters. The average Bonchev–Trinajstić information content (AvgIpc) is 2.14. The number of hydrogen-bond acceptors (Lipinski definition) is 3. The lowest BCUT2D eigenvalue weighted by molar-refractivity contribution is -0.107. The van der Waals surface area contributed by atoms with Crippen molar-refractivity contribution in [2.45, 2.75) is 19.8 Å². The molecule has 0 aliphatic rings. The van der Waals surface area contributed by atoms with Crippen LogP contribution in [0.5, 0.6) is 11.5 Å². The third kappa shape index (κ3) is 1.99. The first kappa shape index (κ1) is 10.9. The van der Waals surface area contributed by atoms with Crippen LogP contribution in [-0.2, 0) is 11.2 Å². The summed E-state index contributed by atoms with van der Waals surface area (Å²) in [6.45, 7) is 1.77. The number of carbonyl (C=O) groups is 1. The van der Waals surface area contributed by atoms with Gasteiger partial charge >= 0.3 is 0 Å². The van der Waals surface area contributed by atoms with Gasteiger partial charge in [0.15, 0.2) is 11.5 Å². The molecular weight excluding hydrogens is 204 g/mol. The summed E-state index contributed by atoms with van der Waals surface area (Å²) in [5, 5.41) is 18.7. The molecule has 0 fully saturated rings. The molecule has 0 heterocycles. The summed E-state index contributed by atoms with van der Waals surface area (Å²) in [5.74, 6) is -0.555. The van der Waals surface area contributed by atoms with Crippen LogP contribution in [-0.4, -0.2) is 16.5 Å². The minimum Gasteiger partial charge on any atom is -0.504 e. The second kappa shape index (κ2) is 4.33. The monoisotopic (exact) mass is 214 g/mol. The molecule has 1 rings (SSSR count). The highest BCUT2D eigenvalue weighted by molar-refractivity contribution is 6.33. The van der Waals surface area contributed by atoms with Crippen LogP contribution < -0.4 is 0 Å². The Bertz CT molecular complexity index is 361. The Kier molecular flexibility index (Phi) is 3.36. The molecule has 14 heavy (non-hydrogen) atoms. The summed E-state index contributed by atoms with van der Waals surface area (Å²) in [6.07, 6.45) is 1.62. The lowest BCUT2D eigenvalue weighted by atomic mass is 10.0. The molecule has 0 bridgehead atoms. The van der Waals surface area contributed by atoms with Gasteiger partial charge < -0.3 is 15.0 Å². The van der Waals surface area contributed by atoms with Crippen LogP contribution in [0.1, 0.15) is 17.5 Å². The van der Waals surface area contributed by atoms with E-state index in [1.54, 1.807) is 6.92 Å². The van der Waals surface area contributed by atoms with Gasteiger partial charge in [0, 0.05) is 6.42 Å². The van der Waals surface area contributed by atoms with E-state index in [1.807, 2.05) is 0 Å². The Morgan fingerprint density at radius 2 is 2.14 bits per heavy atom. The number of aldehydes is 1. The number of rotatable bonds is 3. The summed E-state index contributed by atoms with van der Waals surface area (Å²) in [7, 11) is 0. The van der Waals surface area contributed by atoms with Gasteiger partial charge in [-0.3, -0.25) is 0 Å². The first-order valence-corrected chi connectivity index (χ1v) is 4.59. The summed E-state index contributed by atoms with van der Waals surface area (Å²) >= 11 is 5.81. The van der Waals surface area contributed by atoms with Crippen molar-refractivity contribution in [2.24, 2.45) is 0 Å². The first-order valence-electron chi connectivity index (χ1n) is 4.21. The number of carbonyl (C=O) groups excluding carboxylic acids is 1. The number of phenols is 2. The van der Waals surface area contributed by atoms with Gasteiger partial charge in [-0.2, -0.15) is 0 Å². The largest absolute Gasteiger partial charge is 0.504 e. The topological polar surface area (TPSA) is 57.5 Å². The fraction of sp³-hybridized carbons (Fsp3) is 0.300. The molecule has 76 valence electrons. The number of halogens is 1. The SMILES string of the molecule is Cc1cc(O)c(O)c(Cl)c1CCC=O. The molecule has 0 aliphatic carbocycles. The number of phenolic OH excluding ortho intramolecular Hbond substituents is 2. The Morgan fingerprint density at radius 1 is 1.50 bits per heavy atom. The predicted octanol–water partition coefficient (Wildman–Crippen LogP) is 2.19. The van der Waals surface area contributed by atoms with E-state index >= 15 is 0 Å². The van der Waals surface area contributed by atoms with Gasteiger partial charge in [-0.05, 0) is 30.5 Å². The molecule has 2 N–H and O–H groups in total. The van der Waals surface area contributed by atoms with Gasteiger partial charge in [-0.1, -0.05) is 11.6 Å². The van der Waals surface area contributed by atoms with Crippen LogP contribution in [0.2, 0.25) is 5.02 Å². The highest BCUT2D eigenvalue weighted by atomic mass is 35.5. The van der Waals surface area contributed by atoms with Crippen molar-refractivity contribution in [3.8, 4) is 11.5 Å². The van der Waals surface area contributed by atoms with Crippen molar-refractivity contribution in [1.82, 2.24) is 0 Å². The second-order valence-electron chi connectivity index (χ2n) is 3.06. The number of hydrogen-bond donors (Lipinski definition) is 2. The van der Waals surface area contributed by atoms with Gasteiger partial charge in [0.25, 0.3) is 0 Å². The molecule has 1 aromatic carbocycles. The Labute approximate surface area is 86.9 Å². The molecule has 4 heteroatoms. The molecule has 0 saturated heterocycles. The maximum Gasteiger partial charge on any atom is 0.176 e. The van der Waals surface area contributed by atoms with Crippen LogP contribution in [0, 0.1) is 6.92 Å². The van der Waals surface area contributed by atoms with Gasteiger partial charge in [0.1, 0.15) is 6.29 Å². The molecule has 0 aromatic heterocycles. The molecule has 0 amide bonds. The Morgan fingerprint density at radius 3 is 2.71 bits per heavy atom. The van der Waals surface area contributed by atoms with Crippen LogP contribution >= 0.6 is 11.6 Å². The van der Waals surface area contributed by atoms with E-state index in [1.165, 1.54) is 6.07 Å². The van der Waals surface area contributed by atoms with Gasteiger partial charge in [0.2, 0.25) is 0 Å². The van der Waals surface area contributed by atoms with Crippen LogP contribution in [0.3, 0.4) is 0 Å². The first-order chi connectivity index (χ1) is 6.57. The lowest BCUT2D eigenvalue weighted by Crippen LogP contribution is -1.92. The van der Waals surface area contributed by atoms with Gasteiger partial charge in [0.05, 0.1) is 5.02 Å². The van der Waals surface area contributed by atoms with E-state index in [4.69, 9.17) is 11.6 Å². The van der Waals surface area contributed by atoms with Gasteiger partial charge in [-0.25, -0.2) is 0 Å². The minimum absolute atomic E-state index is 0.129. The van der Waals surface area contributed by atoms with Crippen LogP contribution in [0.4, 0.5) is 0 Å². The van der Waals surface area contributed by atoms with E-state index in [0.717, 1.165) is 11.8 Å². The zero-order valence-corrected chi connectivity index (χ0v) is 8.51. The number of benzene rings is 1. The second-order valence-corrected chi connectivity index (χ2v) is 3.44. The van der Waals surface area contributed by atoms with Crippen molar-refractivity contribution in [3.05, 3.63) is 22.2 Å². The van der Waals surface area contributed by atoms with E-state index in [0.29, 0.717) is 18.4 Å². The molecule has 0 radical (unpaired) electrons. The molecule has 0 spiro atoms. The standard InChI is InChI=1S/C10H11ClO3/c1-6-5-8(13)10(14)9(11)7(6)3-2-4-12/h4-5,13-14H,2-3H2,1H3. The normalized spacial score (nSPS) is 10.1. The summed E-state index contributed by atoms with van der Waals surface area (Å²) in [4.78, 5) is 10.2. The molecule has 3 nitrogen and oxygen atoms in total. The number of aromatic hydroxyl groups is 2. The van der Waals surface area contributed by atoms with Crippen LogP contribution in [0.25, 0.3) is 0 Å². The zero-order chi connectivity index (χ0) is 10.7. The Hall–Kier alpha value is -1.22. The number of aryl methyl sites for hydroxylation is 1. The smallest absolute Gasteiger partial charge is 0.176 e. The highest BCUT2D eigenvalue weighted by Gasteiger charge is 2.12. The molecule has 0 unspecified atom stereocenters. The molecule has 1 aromatic rings. The fourth-order valence-electron chi connectivity index (χ4n) is 1.30. The van der Waals surface area contributed by atoms with E-state index in [9.17, 15) is 15.0 Å². The van der Waals surface area contributed by atoms with E-state index in [2.05, 4.69) is 0 Å². The lowest BCUT2D eigenvalue weighted by Gasteiger charge is -2.09. The maximum atomic E-state index is 10.2. The third-order valence-electron chi connectivity index (χ3n) is 2.06. The van der Waals surface area contributed by atoms with Crippen LogP contribution in [0.15, 0.2) is 6.07 Å². The quantitative estimate of drug-likeness (QED) is 0.599. The summed E-state index contributed by atoms with van der Waals surface area (Å²) < 4.78 is 0. The minimum atomic E-state index is -0.321. The predicted molar refractivity (Wildman–Crippen MR) is 53.9 cm³/mol. The third-order valence-corrected chi connectivity index (χ3v) is 2.46. The summed E-state index contributed by atoms with van der Waals surface area (Å²) in [5.41, 5.74) is 1.47. The van der Waals surface area contributed by atoms with E-state index in [-0.39, 0.29) is 16.5 Å². The van der Waals surface area contributed by atoms with Crippen molar-refractivity contribution < 1.29 is 15.0 Å². The summed E-state index contributed by atoms with van der Waals surface area (Å²) in [6, 6.07) is 1.43.